The van der Waals surface area contributed by atoms with Crippen LogP contribution in [-0.4, -0.2) is 46.1 Å². The van der Waals surface area contributed by atoms with Crippen molar-refractivity contribution in [2.45, 2.75) is 62.6 Å². The molecule has 2 fully saturated rings. The van der Waals surface area contributed by atoms with Gasteiger partial charge in [0.15, 0.2) is 5.79 Å². The average molecular weight is 404 g/mol. The molecule has 2 N–H and O–H groups in total. The number of aliphatic hydroxyl groups is 1. The second-order valence-corrected chi connectivity index (χ2v) is 8.65. The predicted molar refractivity (Wildman–Crippen MR) is 106 cm³/mol. The molecule has 3 heterocycles. The van der Waals surface area contributed by atoms with E-state index in [0.717, 1.165) is 43.0 Å². The van der Waals surface area contributed by atoms with Gasteiger partial charge >= 0.3 is 5.97 Å². The van der Waals surface area contributed by atoms with E-state index in [4.69, 9.17) is 9.47 Å². The fraction of sp³-hybridized carbons (Fsp3) is 0.524. The summed E-state index contributed by atoms with van der Waals surface area (Å²) in [5, 5.41) is 13.8. The molecule has 4 atom stereocenters. The van der Waals surface area contributed by atoms with E-state index < -0.39 is 17.9 Å². The topological polar surface area (TPSA) is 84.9 Å². The molecule has 2 saturated heterocycles. The van der Waals surface area contributed by atoms with E-state index in [1.54, 1.807) is 6.07 Å². The quantitative estimate of drug-likeness (QED) is 0.553. The first-order chi connectivity index (χ1) is 13.5. The van der Waals surface area contributed by atoms with Gasteiger partial charge in [0.2, 0.25) is 0 Å². The number of allylic oxidation sites excluding steroid dienone is 2. The van der Waals surface area contributed by atoms with Crippen molar-refractivity contribution in [3.05, 3.63) is 47.5 Å². The Morgan fingerprint density at radius 1 is 1.21 bits per heavy atom. The number of carbonyl (C=O) groups excluding carboxylic acids is 2. The standard InChI is InChI=1S/C21H25NO5S/c23-19-15-8-5-7-14(10-15)6-3-1-2-4-9-16-11-17(26-19)12-21(25,27-16)18-13-28-20(24)22-18/h1,3,5,7-8,10,16-18,25H,2,4,6,9,11-13H2,(H,22,24)/b3-1-/t16?,17-,18+,21-/m1/s1. The number of fused-ring (bicyclic) bond motifs is 4. The lowest BCUT2D eigenvalue weighted by Crippen LogP contribution is -2.58. The minimum Gasteiger partial charge on any atom is -0.458 e. The SMILES string of the molecule is O=C1N[C@H]([C@@]2(O)C[C@H]3CC(CCC/C=C\Cc4cccc(c4)C(=O)O3)O2)CS1. The second kappa shape index (κ2) is 8.27. The van der Waals surface area contributed by atoms with Crippen molar-refractivity contribution in [1.82, 2.24) is 5.32 Å². The van der Waals surface area contributed by atoms with Gasteiger partial charge in [0.1, 0.15) is 6.10 Å². The van der Waals surface area contributed by atoms with E-state index in [-0.39, 0.29) is 23.7 Å². The molecule has 7 heteroatoms. The summed E-state index contributed by atoms with van der Waals surface area (Å²) in [4.78, 5) is 24.3. The van der Waals surface area contributed by atoms with Gasteiger partial charge < -0.3 is 19.9 Å². The molecule has 1 unspecified atom stereocenters. The Labute approximate surface area is 168 Å². The van der Waals surface area contributed by atoms with Crippen molar-refractivity contribution >= 4 is 23.0 Å². The molecule has 3 aliphatic heterocycles. The van der Waals surface area contributed by atoms with Crippen LogP contribution in [0.3, 0.4) is 0 Å². The summed E-state index contributed by atoms with van der Waals surface area (Å²) in [5.74, 6) is -1.48. The third-order valence-corrected chi connectivity index (χ3v) is 6.37. The van der Waals surface area contributed by atoms with Crippen molar-refractivity contribution in [2.24, 2.45) is 0 Å². The summed E-state index contributed by atoms with van der Waals surface area (Å²) in [6.45, 7) is 0. The highest BCUT2D eigenvalue weighted by atomic mass is 32.2. The van der Waals surface area contributed by atoms with Crippen LogP contribution >= 0.6 is 11.8 Å². The molecule has 6 nitrogen and oxygen atoms in total. The summed E-state index contributed by atoms with van der Waals surface area (Å²) in [6, 6.07) is 6.96. The largest absolute Gasteiger partial charge is 0.458 e. The van der Waals surface area contributed by atoms with E-state index in [1.165, 1.54) is 0 Å². The third kappa shape index (κ3) is 4.42. The Morgan fingerprint density at radius 2 is 2.11 bits per heavy atom. The average Bonchev–Trinajstić information content (AvgIpc) is 3.11. The zero-order valence-corrected chi connectivity index (χ0v) is 16.5. The molecule has 0 aromatic heterocycles. The summed E-state index contributed by atoms with van der Waals surface area (Å²) >= 11 is 1.13. The molecular formula is C21H25NO5S. The van der Waals surface area contributed by atoms with E-state index in [2.05, 4.69) is 17.5 Å². The first-order valence-corrected chi connectivity index (χ1v) is 10.8. The van der Waals surface area contributed by atoms with Gasteiger partial charge in [0, 0.05) is 18.6 Å². The highest BCUT2D eigenvalue weighted by Crippen LogP contribution is 2.36. The number of nitrogens with one attached hydrogen (secondary N) is 1. The number of rotatable bonds is 1. The first-order valence-electron chi connectivity index (χ1n) is 9.80. The Kier molecular flexibility index (Phi) is 5.75. The van der Waals surface area contributed by atoms with Crippen molar-refractivity contribution < 1.29 is 24.2 Å². The van der Waals surface area contributed by atoms with Gasteiger partial charge in [0.05, 0.1) is 17.7 Å². The Hall–Kier alpha value is -1.83. The van der Waals surface area contributed by atoms with Gasteiger partial charge in [-0.2, -0.15) is 0 Å². The van der Waals surface area contributed by atoms with Crippen LogP contribution in [0, 0.1) is 0 Å². The molecule has 0 radical (unpaired) electrons. The summed E-state index contributed by atoms with van der Waals surface area (Å²) in [5.41, 5.74) is 1.58. The van der Waals surface area contributed by atoms with Crippen molar-refractivity contribution in [1.29, 1.82) is 0 Å². The molecule has 4 rings (SSSR count). The zero-order valence-electron chi connectivity index (χ0n) is 15.6. The van der Waals surface area contributed by atoms with Crippen LogP contribution in [0.5, 0.6) is 0 Å². The van der Waals surface area contributed by atoms with Gasteiger partial charge in [-0.1, -0.05) is 36.0 Å². The molecule has 1 aromatic carbocycles. The first kappa shape index (κ1) is 19.5. The van der Waals surface area contributed by atoms with Crippen LogP contribution in [0.4, 0.5) is 4.79 Å². The number of benzene rings is 1. The lowest BCUT2D eigenvalue weighted by molar-refractivity contribution is -0.281. The fourth-order valence-electron chi connectivity index (χ4n) is 4.05. The Bertz CT molecular complexity index is 782. The van der Waals surface area contributed by atoms with Crippen LogP contribution in [-0.2, 0) is 15.9 Å². The highest BCUT2D eigenvalue weighted by Gasteiger charge is 2.49. The van der Waals surface area contributed by atoms with Gasteiger partial charge in [-0.05, 0) is 43.4 Å². The molecular weight excluding hydrogens is 378 g/mol. The summed E-state index contributed by atoms with van der Waals surface area (Å²) in [6.07, 6.45) is 7.68. The zero-order chi connectivity index (χ0) is 19.6. The summed E-state index contributed by atoms with van der Waals surface area (Å²) in [7, 11) is 0. The van der Waals surface area contributed by atoms with Crippen LogP contribution < -0.4 is 5.32 Å². The molecule has 1 aromatic rings. The van der Waals surface area contributed by atoms with Gasteiger partial charge in [-0.15, -0.1) is 0 Å². The smallest absolute Gasteiger partial charge is 0.338 e. The molecule has 0 saturated carbocycles. The predicted octanol–water partition coefficient (Wildman–Crippen LogP) is 3.19. The molecule has 4 bridgehead atoms. The summed E-state index contributed by atoms with van der Waals surface area (Å²) < 4.78 is 11.8. The maximum absolute atomic E-state index is 12.7. The third-order valence-electron chi connectivity index (χ3n) is 5.49. The Morgan fingerprint density at radius 3 is 2.93 bits per heavy atom. The molecule has 3 aliphatic rings. The van der Waals surface area contributed by atoms with Crippen LogP contribution in [0.25, 0.3) is 0 Å². The number of ether oxygens (including phenoxy) is 2. The highest BCUT2D eigenvalue weighted by molar-refractivity contribution is 8.14. The Balaban J connectivity index is 1.57. The van der Waals surface area contributed by atoms with Crippen molar-refractivity contribution in [3.63, 3.8) is 0 Å². The van der Waals surface area contributed by atoms with E-state index in [0.29, 0.717) is 17.7 Å². The van der Waals surface area contributed by atoms with Crippen molar-refractivity contribution in [2.75, 3.05) is 5.75 Å². The number of carbonyl (C=O) groups is 2. The fourth-order valence-corrected chi connectivity index (χ4v) is 4.94. The van der Waals surface area contributed by atoms with Gasteiger partial charge in [-0.25, -0.2) is 4.79 Å². The van der Waals surface area contributed by atoms with E-state index in [9.17, 15) is 14.7 Å². The minimum atomic E-state index is -1.53. The molecule has 1 amide bonds. The van der Waals surface area contributed by atoms with Crippen LogP contribution in [0.1, 0.15) is 48.0 Å². The van der Waals surface area contributed by atoms with E-state index in [1.807, 2.05) is 18.2 Å². The minimum absolute atomic E-state index is 0.153. The number of esters is 1. The monoisotopic (exact) mass is 403 g/mol. The second-order valence-electron chi connectivity index (χ2n) is 7.65. The lowest BCUT2D eigenvalue weighted by Gasteiger charge is -2.43. The molecule has 28 heavy (non-hydrogen) atoms. The lowest BCUT2D eigenvalue weighted by atomic mass is 9.91. The van der Waals surface area contributed by atoms with Gasteiger partial charge in [-0.3, -0.25) is 4.79 Å². The maximum atomic E-state index is 12.7. The number of amides is 1. The van der Waals surface area contributed by atoms with Crippen LogP contribution in [0.15, 0.2) is 36.4 Å². The van der Waals surface area contributed by atoms with E-state index >= 15 is 0 Å². The molecule has 0 aliphatic carbocycles. The number of hydrogen-bond donors (Lipinski definition) is 2. The molecule has 0 spiro atoms. The van der Waals surface area contributed by atoms with Gasteiger partial charge in [0.25, 0.3) is 5.24 Å². The normalized spacial score (nSPS) is 34.8. The van der Waals surface area contributed by atoms with Crippen LogP contribution in [0.2, 0.25) is 0 Å². The van der Waals surface area contributed by atoms with Crippen molar-refractivity contribution in [3.8, 4) is 0 Å². The molecule has 150 valence electrons. The maximum Gasteiger partial charge on any atom is 0.338 e. The number of hydrogen-bond acceptors (Lipinski definition) is 6. The number of thioether (sulfide) groups is 1.